The van der Waals surface area contributed by atoms with E-state index in [4.69, 9.17) is 9.47 Å². The Labute approximate surface area is 135 Å². The van der Waals surface area contributed by atoms with Gasteiger partial charge in [0.2, 0.25) is 12.7 Å². The third-order valence-corrected chi connectivity index (χ3v) is 4.54. The molecule has 0 aromatic heterocycles. The number of nitrogens with zero attached hydrogens (tertiary/aromatic N) is 1. The van der Waals surface area contributed by atoms with Gasteiger partial charge in [-0.2, -0.15) is 0 Å². The summed E-state index contributed by atoms with van der Waals surface area (Å²) in [6, 6.07) is 12.2. The highest BCUT2D eigenvalue weighted by Crippen LogP contribution is 2.36. The van der Waals surface area contributed by atoms with Crippen LogP contribution in [-0.2, 0) is 24.2 Å². The smallest absolute Gasteiger partial charge is 0.231 e. The molecule has 23 heavy (non-hydrogen) atoms. The Morgan fingerprint density at radius 1 is 1.09 bits per heavy atom. The van der Waals surface area contributed by atoms with Gasteiger partial charge in [0.25, 0.3) is 0 Å². The minimum Gasteiger partial charge on any atom is -0.454 e. The van der Waals surface area contributed by atoms with Crippen molar-refractivity contribution in [2.24, 2.45) is 0 Å². The lowest BCUT2D eigenvalue weighted by atomic mass is 9.98. The largest absolute Gasteiger partial charge is 0.454 e. The summed E-state index contributed by atoms with van der Waals surface area (Å²) >= 11 is 0. The molecule has 0 radical (unpaired) electrons. The van der Waals surface area contributed by atoms with E-state index < -0.39 is 0 Å². The Balaban J connectivity index is 1.49. The number of fused-ring (bicyclic) bond motifs is 2. The average molecular weight is 309 g/mol. The first-order valence-corrected chi connectivity index (χ1v) is 7.94. The summed E-state index contributed by atoms with van der Waals surface area (Å²) in [6.45, 7) is 3.75. The van der Waals surface area contributed by atoms with Crippen LogP contribution in [0.3, 0.4) is 0 Å². The minimum absolute atomic E-state index is 0.178. The molecule has 0 saturated heterocycles. The molecule has 0 aliphatic carbocycles. The Kier molecular flexibility index (Phi) is 3.45. The lowest BCUT2D eigenvalue weighted by Gasteiger charge is -2.29. The molecular formula is C19H19NO3. The van der Waals surface area contributed by atoms with Gasteiger partial charge in [-0.15, -0.1) is 0 Å². The van der Waals surface area contributed by atoms with Crippen molar-refractivity contribution in [3.63, 3.8) is 0 Å². The van der Waals surface area contributed by atoms with E-state index in [1.807, 2.05) is 23.1 Å². The molecule has 2 heterocycles. The fraction of sp³-hybridized carbons (Fsp3) is 0.316. The van der Waals surface area contributed by atoms with Gasteiger partial charge in [-0.05, 0) is 42.2 Å². The molecule has 2 aliphatic heterocycles. The van der Waals surface area contributed by atoms with Crippen LogP contribution in [0.25, 0.3) is 0 Å². The quantitative estimate of drug-likeness (QED) is 0.856. The molecule has 4 heteroatoms. The van der Waals surface area contributed by atoms with Crippen molar-refractivity contribution < 1.29 is 14.3 Å². The summed E-state index contributed by atoms with van der Waals surface area (Å²) in [4.78, 5) is 14.5. The van der Waals surface area contributed by atoms with Crippen molar-refractivity contribution in [2.75, 3.05) is 13.3 Å². The first-order valence-electron chi connectivity index (χ1n) is 7.94. The lowest BCUT2D eigenvalue weighted by molar-refractivity contribution is -0.131. The number of ether oxygens (including phenoxy) is 2. The van der Waals surface area contributed by atoms with Gasteiger partial charge >= 0.3 is 0 Å². The maximum Gasteiger partial charge on any atom is 0.231 e. The van der Waals surface area contributed by atoms with Crippen LogP contribution < -0.4 is 9.47 Å². The SMILES string of the molecule is Cc1ccc(CC(=O)N2CCc3cc4c(cc3C2)OCO4)cc1. The molecule has 118 valence electrons. The standard InChI is InChI=1S/C19H19NO3/c1-13-2-4-14(5-3-13)8-19(21)20-7-6-15-9-17-18(23-12-22-17)10-16(15)11-20/h2-5,9-10H,6-8,11-12H2,1H3. The summed E-state index contributed by atoms with van der Waals surface area (Å²) in [5.74, 6) is 1.79. The summed E-state index contributed by atoms with van der Waals surface area (Å²) in [7, 11) is 0. The predicted octanol–water partition coefficient (Wildman–Crippen LogP) is 2.85. The Bertz CT molecular complexity index is 752. The third-order valence-electron chi connectivity index (χ3n) is 4.54. The second kappa shape index (κ2) is 5.61. The first kappa shape index (κ1) is 14.1. The number of amides is 1. The van der Waals surface area contributed by atoms with Gasteiger partial charge in [-0.3, -0.25) is 4.79 Å². The maximum absolute atomic E-state index is 12.6. The molecule has 1 amide bonds. The zero-order chi connectivity index (χ0) is 15.8. The highest BCUT2D eigenvalue weighted by molar-refractivity contribution is 5.79. The molecular weight excluding hydrogens is 290 g/mol. The Morgan fingerprint density at radius 3 is 2.52 bits per heavy atom. The topological polar surface area (TPSA) is 38.8 Å². The van der Waals surface area contributed by atoms with Crippen LogP contribution in [0.4, 0.5) is 0 Å². The predicted molar refractivity (Wildman–Crippen MR) is 86.6 cm³/mol. The third kappa shape index (κ3) is 2.77. The number of carbonyl (C=O) groups excluding carboxylic acids is 1. The van der Waals surface area contributed by atoms with Gasteiger partial charge in [0.1, 0.15) is 0 Å². The van der Waals surface area contributed by atoms with Gasteiger partial charge < -0.3 is 14.4 Å². The van der Waals surface area contributed by atoms with E-state index in [-0.39, 0.29) is 12.7 Å². The highest BCUT2D eigenvalue weighted by atomic mass is 16.7. The van der Waals surface area contributed by atoms with Crippen molar-refractivity contribution in [3.05, 3.63) is 58.7 Å². The average Bonchev–Trinajstić information content (AvgIpc) is 3.01. The Morgan fingerprint density at radius 2 is 1.78 bits per heavy atom. The molecule has 4 rings (SSSR count). The maximum atomic E-state index is 12.6. The first-order chi connectivity index (χ1) is 11.2. The molecule has 0 fully saturated rings. The summed E-state index contributed by atoms with van der Waals surface area (Å²) < 4.78 is 10.9. The van der Waals surface area contributed by atoms with E-state index in [1.165, 1.54) is 11.1 Å². The number of hydrogen-bond acceptors (Lipinski definition) is 3. The molecule has 4 nitrogen and oxygen atoms in total. The second-order valence-corrected chi connectivity index (χ2v) is 6.20. The van der Waals surface area contributed by atoms with Gasteiger partial charge in [-0.25, -0.2) is 0 Å². The number of hydrogen-bond donors (Lipinski definition) is 0. The Hall–Kier alpha value is -2.49. The van der Waals surface area contributed by atoms with E-state index in [0.717, 1.165) is 35.6 Å². The molecule has 0 bridgehead atoms. The fourth-order valence-electron chi connectivity index (χ4n) is 3.15. The van der Waals surface area contributed by atoms with Gasteiger partial charge in [0.05, 0.1) is 6.42 Å². The molecule has 2 aromatic carbocycles. The van der Waals surface area contributed by atoms with Crippen LogP contribution in [0, 0.1) is 6.92 Å². The van der Waals surface area contributed by atoms with Crippen LogP contribution >= 0.6 is 0 Å². The van der Waals surface area contributed by atoms with Gasteiger partial charge in [-0.1, -0.05) is 29.8 Å². The minimum atomic E-state index is 0.178. The van der Waals surface area contributed by atoms with Gasteiger partial charge in [0, 0.05) is 13.1 Å². The van der Waals surface area contributed by atoms with E-state index in [2.05, 4.69) is 25.1 Å². The van der Waals surface area contributed by atoms with E-state index in [9.17, 15) is 4.79 Å². The lowest BCUT2D eigenvalue weighted by Crippen LogP contribution is -2.36. The van der Waals surface area contributed by atoms with Crippen molar-refractivity contribution in [1.82, 2.24) is 4.90 Å². The molecule has 0 atom stereocenters. The zero-order valence-corrected chi connectivity index (χ0v) is 13.2. The van der Waals surface area contributed by atoms with Gasteiger partial charge in [0.15, 0.2) is 11.5 Å². The zero-order valence-electron chi connectivity index (χ0n) is 13.2. The molecule has 0 saturated carbocycles. The number of carbonyl (C=O) groups is 1. The number of rotatable bonds is 2. The van der Waals surface area contributed by atoms with Crippen LogP contribution in [0.2, 0.25) is 0 Å². The highest BCUT2D eigenvalue weighted by Gasteiger charge is 2.24. The van der Waals surface area contributed by atoms with Crippen LogP contribution in [0.5, 0.6) is 11.5 Å². The molecule has 0 unspecified atom stereocenters. The second-order valence-electron chi connectivity index (χ2n) is 6.20. The van der Waals surface area contributed by atoms with Crippen LogP contribution in [-0.4, -0.2) is 24.1 Å². The van der Waals surface area contributed by atoms with Crippen LogP contribution in [0.1, 0.15) is 22.3 Å². The van der Waals surface area contributed by atoms with E-state index in [1.54, 1.807) is 0 Å². The van der Waals surface area contributed by atoms with Crippen molar-refractivity contribution in [1.29, 1.82) is 0 Å². The molecule has 2 aromatic rings. The van der Waals surface area contributed by atoms with Crippen molar-refractivity contribution in [2.45, 2.75) is 26.3 Å². The fourth-order valence-corrected chi connectivity index (χ4v) is 3.15. The molecule has 2 aliphatic rings. The summed E-state index contributed by atoms with van der Waals surface area (Å²) in [6.07, 6.45) is 1.33. The van der Waals surface area contributed by atoms with E-state index in [0.29, 0.717) is 13.0 Å². The number of aryl methyl sites for hydroxylation is 1. The monoisotopic (exact) mass is 309 g/mol. The van der Waals surface area contributed by atoms with Crippen LogP contribution in [0.15, 0.2) is 36.4 Å². The summed E-state index contributed by atoms with van der Waals surface area (Å²) in [5.41, 5.74) is 4.70. The number of benzene rings is 2. The summed E-state index contributed by atoms with van der Waals surface area (Å²) in [5, 5.41) is 0. The molecule has 0 spiro atoms. The van der Waals surface area contributed by atoms with Crippen molar-refractivity contribution in [3.8, 4) is 11.5 Å². The van der Waals surface area contributed by atoms with E-state index >= 15 is 0 Å². The molecule has 0 N–H and O–H groups in total. The normalized spacial score (nSPS) is 15.4. The van der Waals surface area contributed by atoms with Crippen molar-refractivity contribution >= 4 is 5.91 Å².